The van der Waals surface area contributed by atoms with Gasteiger partial charge in [-0.25, -0.2) is 13.9 Å². The van der Waals surface area contributed by atoms with Crippen molar-refractivity contribution < 1.29 is 14.3 Å². The van der Waals surface area contributed by atoms with Gasteiger partial charge >= 0.3 is 5.97 Å². The van der Waals surface area contributed by atoms with Gasteiger partial charge in [-0.3, -0.25) is 0 Å². The molecule has 0 aliphatic rings. The molecule has 1 aromatic carbocycles. The van der Waals surface area contributed by atoms with Crippen molar-refractivity contribution in [3.63, 3.8) is 0 Å². The van der Waals surface area contributed by atoms with Gasteiger partial charge in [0.25, 0.3) is 0 Å². The first-order valence-electron chi connectivity index (χ1n) is 4.32. The Morgan fingerprint density at radius 3 is 2.81 bits per heavy atom. The van der Waals surface area contributed by atoms with E-state index in [0.717, 1.165) is 0 Å². The molecule has 0 amide bonds. The van der Waals surface area contributed by atoms with E-state index in [2.05, 4.69) is 21.0 Å². The third-order valence-corrected chi connectivity index (χ3v) is 2.76. The minimum absolute atomic E-state index is 0.0317. The molecule has 16 heavy (non-hydrogen) atoms. The Hall–Kier alpha value is -1.69. The van der Waals surface area contributed by atoms with Gasteiger partial charge in [0, 0.05) is 0 Å². The molecule has 2 aromatic rings. The van der Waals surface area contributed by atoms with E-state index in [1.807, 2.05) is 0 Å². The summed E-state index contributed by atoms with van der Waals surface area (Å²) in [4.78, 5) is 10.8. The summed E-state index contributed by atoms with van der Waals surface area (Å²) in [6.07, 6.45) is 1.21. The molecule has 1 aromatic heterocycles. The lowest BCUT2D eigenvalue weighted by Crippen LogP contribution is -1.99. The summed E-state index contributed by atoms with van der Waals surface area (Å²) in [5.74, 6) is -1.49. The fourth-order valence-corrected chi connectivity index (χ4v) is 1.83. The molecule has 6 heteroatoms. The molecule has 0 unspecified atom stereocenters. The fourth-order valence-electron chi connectivity index (χ4n) is 1.26. The molecule has 0 aliphatic heterocycles. The lowest BCUT2D eigenvalue weighted by Gasteiger charge is -2.02. The van der Waals surface area contributed by atoms with Gasteiger partial charge in [-0.2, -0.15) is 5.10 Å². The minimum atomic E-state index is -1.09. The summed E-state index contributed by atoms with van der Waals surface area (Å²) in [5, 5.41) is 12.7. The van der Waals surface area contributed by atoms with E-state index in [4.69, 9.17) is 5.11 Å². The molecular weight excluding hydrogens is 279 g/mol. The average Bonchev–Trinajstić information content (AvgIpc) is 2.60. The van der Waals surface area contributed by atoms with Gasteiger partial charge in [0.2, 0.25) is 0 Å². The molecule has 1 heterocycles. The van der Waals surface area contributed by atoms with Crippen molar-refractivity contribution in [1.29, 1.82) is 0 Å². The first-order chi connectivity index (χ1) is 7.59. The normalized spacial score (nSPS) is 10.4. The van der Waals surface area contributed by atoms with Gasteiger partial charge < -0.3 is 5.11 Å². The van der Waals surface area contributed by atoms with Gasteiger partial charge in [0.15, 0.2) is 0 Å². The van der Waals surface area contributed by atoms with Crippen LogP contribution in [-0.2, 0) is 0 Å². The van der Waals surface area contributed by atoms with Crippen LogP contribution < -0.4 is 0 Å². The van der Waals surface area contributed by atoms with Crippen molar-refractivity contribution >= 4 is 21.9 Å². The maximum absolute atomic E-state index is 13.0. The summed E-state index contributed by atoms with van der Waals surface area (Å²) < 4.78 is 14.6. The Balaban J connectivity index is 2.53. The second kappa shape index (κ2) is 4.05. The van der Waals surface area contributed by atoms with Crippen molar-refractivity contribution in [2.45, 2.75) is 0 Å². The number of carboxylic acid groups (broad SMARTS) is 1. The Morgan fingerprint density at radius 1 is 1.50 bits per heavy atom. The quantitative estimate of drug-likeness (QED) is 0.922. The van der Waals surface area contributed by atoms with Crippen molar-refractivity contribution in [2.24, 2.45) is 0 Å². The smallest absolute Gasteiger partial charge is 0.340 e. The van der Waals surface area contributed by atoms with E-state index in [9.17, 15) is 9.18 Å². The number of carbonyl (C=O) groups is 1. The molecule has 0 atom stereocenters. The van der Waals surface area contributed by atoms with Crippen LogP contribution in [0, 0.1) is 5.82 Å². The maximum Gasteiger partial charge on any atom is 0.340 e. The highest BCUT2D eigenvalue weighted by molar-refractivity contribution is 9.10. The van der Waals surface area contributed by atoms with E-state index in [1.165, 1.54) is 29.1 Å². The van der Waals surface area contributed by atoms with Crippen LogP contribution in [0.1, 0.15) is 10.4 Å². The van der Waals surface area contributed by atoms with Crippen molar-refractivity contribution in [3.8, 4) is 5.69 Å². The molecule has 82 valence electrons. The van der Waals surface area contributed by atoms with Gasteiger partial charge in [-0.1, -0.05) is 6.07 Å². The lowest BCUT2D eigenvalue weighted by atomic mass is 10.3. The third-order valence-electron chi connectivity index (χ3n) is 1.99. The Bertz CT molecular complexity index is 554. The maximum atomic E-state index is 13.0. The Kier molecular flexibility index (Phi) is 2.74. The van der Waals surface area contributed by atoms with Crippen LogP contribution in [0.4, 0.5) is 4.39 Å². The molecule has 2 rings (SSSR count). The molecule has 1 N–H and O–H groups in total. The van der Waals surface area contributed by atoms with Crippen LogP contribution in [0.2, 0.25) is 0 Å². The van der Waals surface area contributed by atoms with E-state index in [1.54, 1.807) is 6.07 Å². The standard InChI is InChI=1S/C10H6BrFN2O2/c11-9-8(10(15)16)5-13-14(9)7-3-1-2-6(12)4-7/h1-5H,(H,15,16). The molecule has 0 aliphatic carbocycles. The highest BCUT2D eigenvalue weighted by Gasteiger charge is 2.15. The van der Waals surface area contributed by atoms with Crippen LogP contribution in [0.3, 0.4) is 0 Å². The van der Waals surface area contributed by atoms with Gasteiger partial charge in [-0.15, -0.1) is 0 Å². The second-order valence-corrected chi connectivity index (χ2v) is 3.80. The predicted molar refractivity (Wildman–Crippen MR) is 58.2 cm³/mol. The molecule has 0 fully saturated rings. The average molecular weight is 285 g/mol. The Morgan fingerprint density at radius 2 is 2.25 bits per heavy atom. The first-order valence-corrected chi connectivity index (χ1v) is 5.11. The molecule has 4 nitrogen and oxygen atoms in total. The van der Waals surface area contributed by atoms with Crippen molar-refractivity contribution in [3.05, 3.63) is 46.4 Å². The summed E-state index contributed by atoms with van der Waals surface area (Å²) in [6, 6.07) is 5.73. The second-order valence-electron chi connectivity index (χ2n) is 3.05. The summed E-state index contributed by atoms with van der Waals surface area (Å²) in [5.41, 5.74) is 0.489. The Labute approximate surface area is 98.4 Å². The summed E-state index contributed by atoms with van der Waals surface area (Å²) >= 11 is 3.11. The van der Waals surface area contributed by atoms with E-state index >= 15 is 0 Å². The van der Waals surface area contributed by atoms with E-state index in [0.29, 0.717) is 5.69 Å². The summed E-state index contributed by atoms with van der Waals surface area (Å²) in [7, 11) is 0. The fraction of sp³-hybridized carbons (Fsp3) is 0. The van der Waals surface area contributed by atoms with Crippen LogP contribution >= 0.6 is 15.9 Å². The number of aromatic carboxylic acids is 1. The first kappa shape index (κ1) is 10.8. The van der Waals surface area contributed by atoms with Gasteiger partial charge in [-0.05, 0) is 34.1 Å². The number of aromatic nitrogens is 2. The zero-order chi connectivity index (χ0) is 11.7. The minimum Gasteiger partial charge on any atom is -0.478 e. The SMILES string of the molecule is O=C(O)c1cnn(-c2cccc(F)c2)c1Br. The largest absolute Gasteiger partial charge is 0.478 e. The zero-order valence-corrected chi connectivity index (χ0v) is 9.48. The molecule has 0 saturated heterocycles. The molecule has 0 bridgehead atoms. The monoisotopic (exact) mass is 284 g/mol. The highest BCUT2D eigenvalue weighted by Crippen LogP contribution is 2.21. The molecule has 0 spiro atoms. The van der Waals surface area contributed by atoms with Crippen molar-refractivity contribution in [1.82, 2.24) is 9.78 Å². The number of halogens is 2. The number of nitrogens with zero attached hydrogens (tertiary/aromatic N) is 2. The molecule has 0 radical (unpaired) electrons. The van der Waals surface area contributed by atoms with Crippen LogP contribution in [0.5, 0.6) is 0 Å². The predicted octanol–water partition coefficient (Wildman–Crippen LogP) is 2.47. The van der Waals surface area contributed by atoms with Gasteiger partial charge in [0.1, 0.15) is 16.0 Å². The van der Waals surface area contributed by atoms with Gasteiger partial charge in [0.05, 0.1) is 11.9 Å². The van der Waals surface area contributed by atoms with E-state index < -0.39 is 11.8 Å². The van der Waals surface area contributed by atoms with Crippen LogP contribution in [-0.4, -0.2) is 20.9 Å². The number of benzene rings is 1. The third kappa shape index (κ3) is 1.83. The number of hydrogen-bond acceptors (Lipinski definition) is 2. The number of carboxylic acids is 1. The molecular formula is C10H6BrFN2O2. The van der Waals surface area contributed by atoms with Crippen LogP contribution in [0.25, 0.3) is 5.69 Å². The topological polar surface area (TPSA) is 55.1 Å². The highest BCUT2D eigenvalue weighted by atomic mass is 79.9. The van der Waals surface area contributed by atoms with Crippen molar-refractivity contribution in [2.75, 3.05) is 0 Å². The number of rotatable bonds is 2. The lowest BCUT2D eigenvalue weighted by molar-refractivity contribution is 0.0696. The molecule has 0 saturated carbocycles. The van der Waals surface area contributed by atoms with Crippen LogP contribution in [0.15, 0.2) is 35.1 Å². The zero-order valence-electron chi connectivity index (χ0n) is 7.89. The number of hydrogen-bond donors (Lipinski definition) is 1. The van der Waals surface area contributed by atoms with E-state index in [-0.39, 0.29) is 10.2 Å². The summed E-state index contributed by atoms with van der Waals surface area (Å²) in [6.45, 7) is 0.